The number of nitrogens with one attached hydrogen (secondary N) is 2. The van der Waals surface area contributed by atoms with Gasteiger partial charge in [-0.2, -0.15) is 0 Å². The van der Waals surface area contributed by atoms with Crippen molar-refractivity contribution in [2.75, 3.05) is 20.2 Å². The van der Waals surface area contributed by atoms with Gasteiger partial charge in [0.2, 0.25) is 19.5 Å². The fourth-order valence-electron chi connectivity index (χ4n) is 3.65. The summed E-state index contributed by atoms with van der Waals surface area (Å²) in [6, 6.07) is 12.4. The number of rotatable bonds is 8. The SMILES string of the molecule is CCOc1ncc(C(=O)NCc2ccc3c(c2)OCO3)cc1C(=O)NCc1ccc2c(c1)OCO2. The van der Waals surface area contributed by atoms with Crippen LogP contribution in [0.1, 0.15) is 38.8 Å². The average molecular weight is 477 g/mol. The zero-order valence-corrected chi connectivity index (χ0v) is 19.0. The number of carbonyl (C=O) groups is 2. The van der Waals surface area contributed by atoms with Gasteiger partial charge in [-0.15, -0.1) is 0 Å². The first-order valence-corrected chi connectivity index (χ1v) is 11.1. The van der Waals surface area contributed by atoms with Crippen LogP contribution in [0.15, 0.2) is 48.7 Å². The van der Waals surface area contributed by atoms with Crippen molar-refractivity contribution in [2.24, 2.45) is 0 Å². The number of carbonyl (C=O) groups excluding carboxylic acids is 2. The van der Waals surface area contributed by atoms with Gasteiger partial charge in [-0.1, -0.05) is 12.1 Å². The zero-order valence-electron chi connectivity index (χ0n) is 19.0. The second-order valence-electron chi connectivity index (χ2n) is 7.75. The molecule has 3 aromatic rings. The van der Waals surface area contributed by atoms with Crippen molar-refractivity contribution in [1.29, 1.82) is 0 Å². The summed E-state index contributed by atoms with van der Waals surface area (Å²) in [5, 5.41) is 5.67. The third-order valence-electron chi connectivity index (χ3n) is 5.42. The molecule has 0 fully saturated rings. The highest BCUT2D eigenvalue weighted by Crippen LogP contribution is 2.33. The molecule has 2 aromatic carbocycles. The maximum Gasteiger partial charge on any atom is 0.257 e. The van der Waals surface area contributed by atoms with E-state index in [2.05, 4.69) is 15.6 Å². The predicted octanol–water partition coefficient (Wildman–Crippen LogP) is 2.80. The molecule has 0 spiro atoms. The van der Waals surface area contributed by atoms with Gasteiger partial charge >= 0.3 is 0 Å². The highest BCUT2D eigenvalue weighted by molar-refractivity contribution is 6.00. The first-order chi connectivity index (χ1) is 17.1. The highest BCUT2D eigenvalue weighted by Gasteiger charge is 2.19. The molecule has 2 aliphatic heterocycles. The molecule has 0 bridgehead atoms. The van der Waals surface area contributed by atoms with Crippen LogP contribution in [0, 0.1) is 0 Å². The number of fused-ring (bicyclic) bond motifs is 2. The number of amides is 2. The van der Waals surface area contributed by atoms with Gasteiger partial charge in [0.15, 0.2) is 23.0 Å². The molecule has 3 heterocycles. The fourth-order valence-corrected chi connectivity index (χ4v) is 3.65. The van der Waals surface area contributed by atoms with Gasteiger partial charge < -0.3 is 34.3 Å². The van der Waals surface area contributed by atoms with Gasteiger partial charge in [0.1, 0.15) is 5.56 Å². The van der Waals surface area contributed by atoms with Crippen LogP contribution in [0.2, 0.25) is 0 Å². The van der Waals surface area contributed by atoms with E-state index in [4.69, 9.17) is 23.7 Å². The summed E-state index contributed by atoms with van der Waals surface area (Å²) in [5.41, 5.74) is 2.10. The molecule has 10 heteroatoms. The average Bonchev–Trinajstić information content (AvgIpc) is 3.55. The Labute approximate surface area is 201 Å². The van der Waals surface area contributed by atoms with Crippen molar-refractivity contribution in [3.05, 3.63) is 70.9 Å². The number of ether oxygens (including phenoxy) is 5. The summed E-state index contributed by atoms with van der Waals surface area (Å²) < 4.78 is 26.9. The smallest absolute Gasteiger partial charge is 0.257 e. The van der Waals surface area contributed by atoms with E-state index in [0.29, 0.717) is 29.6 Å². The molecule has 180 valence electrons. The van der Waals surface area contributed by atoms with Gasteiger partial charge in [0, 0.05) is 19.3 Å². The fraction of sp³-hybridized carbons (Fsp3) is 0.240. The number of benzene rings is 2. The van der Waals surface area contributed by atoms with Gasteiger partial charge in [-0.3, -0.25) is 9.59 Å². The molecular formula is C25H23N3O7. The minimum absolute atomic E-state index is 0.156. The second kappa shape index (κ2) is 9.80. The van der Waals surface area contributed by atoms with E-state index in [1.807, 2.05) is 24.3 Å². The van der Waals surface area contributed by atoms with Crippen LogP contribution in [0.25, 0.3) is 0 Å². The van der Waals surface area contributed by atoms with Crippen molar-refractivity contribution in [3.63, 3.8) is 0 Å². The number of aromatic nitrogens is 1. The van der Waals surface area contributed by atoms with Crippen LogP contribution < -0.4 is 34.3 Å². The van der Waals surface area contributed by atoms with Crippen molar-refractivity contribution < 1.29 is 33.3 Å². The molecule has 5 rings (SSSR count). The summed E-state index contributed by atoms with van der Waals surface area (Å²) >= 11 is 0. The zero-order chi connectivity index (χ0) is 24.2. The summed E-state index contributed by atoms with van der Waals surface area (Å²) in [7, 11) is 0. The van der Waals surface area contributed by atoms with Crippen LogP contribution in [-0.2, 0) is 13.1 Å². The monoisotopic (exact) mass is 477 g/mol. The van der Waals surface area contributed by atoms with Crippen molar-refractivity contribution in [2.45, 2.75) is 20.0 Å². The number of hydrogen-bond acceptors (Lipinski definition) is 8. The number of nitrogens with zero attached hydrogens (tertiary/aromatic N) is 1. The minimum Gasteiger partial charge on any atom is -0.477 e. The molecule has 10 nitrogen and oxygen atoms in total. The lowest BCUT2D eigenvalue weighted by molar-refractivity contribution is 0.0946. The number of hydrogen-bond donors (Lipinski definition) is 2. The highest BCUT2D eigenvalue weighted by atomic mass is 16.7. The van der Waals surface area contributed by atoms with E-state index >= 15 is 0 Å². The Morgan fingerprint density at radius 2 is 1.40 bits per heavy atom. The van der Waals surface area contributed by atoms with E-state index in [9.17, 15) is 9.59 Å². The van der Waals surface area contributed by atoms with Crippen molar-refractivity contribution >= 4 is 11.8 Å². The maximum absolute atomic E-state index is 13.0. The van der Waals surface area contributed by atoms with Gasteiger partial charge in [-0.25, -0.2) is 4.98 Å². The van der Waals surface area contributed by atoms with Crippen LogP contribution >= 0.6 is 0 Å². The largest absolute Gasteiger partial charge is 0.477 e. The van der Waals surface area contributed by atoms with E-state index in [0.717, 1.165) is 11.1 Å². The van der Waals surface area contributed by atoms with E-state index < -0.39 is 5.91 Å². The normalized spacial score (nSPS) is 12.8. The molecule has 0 saturated carbocycles. The third kappa shape index (κ3) is 4.91. The molecule has 0 aliphatic carbocycles. The van der Waals surface area contributed by atoms with Crippen LogP contribution in [0.4, 0.5) is 0 Å². The quantitative estimate of drug-likeness (QED) is 0.509. The summed E-state index contributed by atoms with van der Waals surface area (Å²) in [5.74, 6) is 1.99. The van der Waals surface area contributed by atoms with E-state index in [1.54, 1.807) is 19.1 Å². The molecule has 35 heavy (non-hydrogen) atoms. The van der Waals surface area contributed by atoms with Crippen LogP contribution in [0.3, 0.4) is 0 Å². The second-order valence-corrected chi connectivity index (χ2v) is 7.75. The van der Waals surface area contributed by atoms with E-state index in [-0.39, 0.29) is 49.6 Å². The molecule has 1 aromatic heterocycles. The first kappa shape index (κ1) is 22.3. The maximum atomic E-state index is 13.0. The lowest BCUT2D eigenvalue weighted by Gasteiger charge is -2.12. The summed E-state index contributed by atoms with van der Waals surface area (Å²) in [6.07, 6.45) is 1.38. The first-order valence-electron chi connectivity index (χ1n) is 11.1. The van der Waals surface area contributed by atoms with Gasteiger partial charge in [0.05, 0.1) is 12.2 Å². The van der Waals surface area contributed by atoms with Crippen LogP contribution in [0.5, 0.6) is 28.9 Å². The minimum atomic E-state index is -0.413. The topological polar surface area (TPSA) is 117 Å². The lowest BCUT2D eigenvalue weighted by atomic mass is 10.1. The number of pyridine rings is 1. The van der Waals surface area contributed by atoms with Gasteiger partial charge in [-0.05, 0) is 48.4 Å². The molecule has 0 atom stereocenters. The Kier molecular flexibility index (Phi) is 6.25. The molecule has 2 aliphatic rings. The Bertz CT molecular complexity index is 1280. The standard InChI is InChI=1S/C25H23N3O7/c1-2-31-25-18(24(30)27-11-16-4-6-20-22(8-16)35-14-33-20)9-17(12-28-25)23(29)26-10-15-3-5-19-21(7-15)34-13-32-19/h3-9,12H,2,10-11,13-14H2,1H3,(H,26,29)(H,27,30). The van der Waals surface area contributed by atoms with Crippen LogP contribution in [-0.4, -0.2) is 37.0 Å². The van der Waals surface area contributed by atoms with Gasteiger partial charge in [0.25, 0.3) is 11.8 Å². The molecule has 0 radical (unpaired) electrons. The van der Waals surface area contributed by atoms with Crippen molar-refractivity contribution in [3.8, 4) is 28.9 Å². The lowest BCUT2D eigenvalue weighted by Crippen LogP contribution is -2.26. The predicted molar refractivity (Wildman–Crippen MR) is 123 cm³/mol. The Hall–Kier alpha value is -4.47. The summed E-state index contributed by atoms with van der Waals surface area (Å²) in [6.45, 7) is 3.00. The molecule has 0 unspecified atom stereocenters. The molecular weight excluding hydrogens is 454 g/mol. The Morgan fingerprint density at radius 3 is 2.00 bits per heavy atom. The Morgan fingerprint density at radius 1 is 0.829 bits per heavy atom. The van der Waals surface area contributed by atoms with Crippen molar-refractivity contribution in [1.82, 2.24) is 15.6 Å². The third-order valence-corrected chi connectivity index (χ3v) is 5.42. The summed E-state index contributed by atoms with van der Waals surface area (Å²) in [4.78, 5) is 29.9. The molecule has 2 amide bonds. The van der Waals surface area contributed by atoms with E-state index in [1.165, 1.54) is 12.3 Å². The molecule has 2 N–H and O–H groups in total. The molecule has 0 saturated heterocycles. The Balaban J connectivity index is 1.26.